The van der Waals surface area contributed by atoms with E-state index in [1.54, 1.807) is 9.80 Å². The number of nitrogens with two attached hydrogens (primary N) is 3. The lowest BCUT2D eigenvalue weighted by Gasteiger charge is -2.47. The molecule has 3 fully saturated rings. The maximum absolute atomic E-state index is 13.7. The van der Waals surface area contributed by atoms with Gasteiger partial charge in [0.1, 0.15) is 36.3 Å². The minimum absolute atomic E-state index is 0.00131. The van der Waals surface area contributed by atoms with E-state index in [0.29, 0.717) is 11.1 Å². The van der Waals surface area contributed by atoms with Crippen LogP contribution in [0.2, 0.25) is 0 Å². The molecule has 6 N–H and O–H groups in total. The second-order valence-corrected chi connectivity index (χ2v) is 21.6. The first kappa shape index (κ1) is 28.3. The van der Waals surface area contributed by atoms with E-state index in [1.807, 2.05) is 0 Å². The largest absolute Gasteiger partial charge is 0.493 e. The zero-order valence-corrected chi connectivity index (χ0v) is 50.7. The van der Waals surface area contributed by atoms with Crippen molar-refractivity contribution in [2.45, 2.75) is 195 Å². The smallest absolute Gasteiger partial charge is 0.323 e. The lowest BCUT2D eigenvalue weighted by Crippen LogP contribution is -2.51. The molecule has 3 aromatic carbocycles. The minimum Gasteiger partial charge on any atom is -0.493 e. The van der Waals surface area contributed by atoms with Gasteiger partial charge in [0.2, 0.25) is 0 Å². The highest BCUT2D eigenvalue weighted by molar-refractivity contribution is 5.77. The Labute approximate surface area is 615 Å². The van der Waals surface area contributed by atoms with Gasteiger partial charge in [-0.15, -0.1) is 0 Å². The molecule has 18 nitrogen and oxygen atoms in total. The quantitative estimate of drug-likeness (QED) is 0.0666. The Bertz CT molecular complexity index is 5170. The number of carbonyl (C=O) groups excluding carboxylic acids is 3. The average molecular weight is 1310 g/mol. The highest BCUT2D eigenvalue weighted by Crippen LogP contribution is 2.48. The average Bonchev–Trinajstić information content (AvgIpc) is 0.695. The number of hydrogen-bond acceptors (Lipinski definition) is 18. The van der Waals surface area contributed by atoms with Crippen LogP contribution in [0.25, 0.3) is 0 Å². The van der Waals surface area contributed by atoms with Gasteiger partial charge in [-0.05, 0) is 143 Å². The van der Waals surface area contributed by atoms with E-state index in [4.69, 9.17) is 131 Å². The zero-order valence-electron chi connectivity index (χ0n) is 105. The Morgan fingerprint density at radius 2 is 0.900 bits per heavy atom. The predicted molar refractivity (Wildman–Crippen MR) is 353 cm³/mol. The SMILES string of the molecule is [2H]C([2H])([2H])Oc1cc2c(cc1OC)C1([2H])CC([2H])(OC(=O)[C@@]([2H])(N)C([2H])(C([2H])([2H])[2H])C([2H])([2H])[2H])C(C([2H])([2H])C([2H])(C)C([2H])([2H])[2H])CN1CC2.[2H]c1c2c(c([2H])c(OC)c1OC([2H])([2H])[2H])C1CC(OC(=O)[C@@]([2H])(N)C([2H])(C([2H])([2H])[2H])C([2H])([2H])[2H])C(C([2H])([2H])C([2H])(C)C([2H])([2H])[2H])CN1CC2.[2H]c1c2c(c([2H])c(OC)c1OC)C1CC(OC(=O)[C@@]([2H])(N)C([2H])(C([2H])([2H])[2H])C([2H])([2H])[2H])C(C([2H])([2H])C([2H])(C)C([2H])([2H])[2H])CN1CC2. The zero-order chi connectivity index (χ0) is 113. The Balaban J connectivity index is 0.000000293. The van der Waals surface area contributed by atoms with Crippen molar-refractivity contribution in [1.82, 2.24) is 14.7 Å². The van der Waals surface area contributed by atoms with Crippen LogP contribution in [0.4, 0.5) is 0 Å². The maximum atomic E-state index is 13.7. The van der Waals surface area contributed by atoms with Gasteiger partial charge in [-0.3, -0.25) is 29.1 Å². The van der Waals surface area contributed by atoms with Crippen molar-refractivity contribution < 1.29 is 131 Å². The molecule has 6 aliphatic rings. The fraction of sp³-hybridized carbons (Fsp3) is 0.708. The second kappa shape index (κ2) is 32.5. The van der Waals surface area contributed by atoms with Crippen molar-refractivity contribution >= 4 is 17.9 Å². The van der Waals surface area contributed by atoms with Crippen molar-refractivity contribution in [1.29, 1.82) is 0 Å². The Morgan fingerprint density at radius 3 is 1.34 bits per heavy atom. The van der Waals surface area contributed by atoms with Crippen molar-refractivity contribution in [3.63, 3.8) is 0 Å². The molecule has 504 valence electrons. The lowest BCUT2D eigenvalue weighted by atomic mass is 9.79. The molecule has 0 radical (unpaired) electrons. The molecule has 0 aromatic heterocycles. The lowest BCUT2D eigenvalue weighted by molar-refractivity contribution is -0.161. The van der Waals surface area contributed by atoms with Crippen LogP contribution in [0.15, 0.2) is 36.3 Å². The summed E-state index contributed by atoms with van der Waals surface area (Å²) in [5.74, 6) is -33.9. The molecular formula is C72H114N6O12. The van der Waals surface area contributed by atoms with Gasteiger partial charge in [0.05, 0.1) is 63.1 Å². The molecular weight excluding hydrogens is 1140 g/mol. The summed E-state index contributed by atoms with van der Waals surface area (Å²) in [7, 11) is -1.09. The van der Waals surface area contributed by atoms with Crippen LogP contribution in [0.5, 0.6) is 34.5 Å². The fourth-order valence-electron chi connectivity index (χ4n) is 11.5. The summed E-state index contributed by atoms with van der Waals surface area (Å²) < 4.78 is 484. The maximum Gasteiger partial charge on any atom is 0.323 e. The number of rotatable bonds is 21. The van der Waals surface area contributed by atoms with E-state index in [1.165, 1.54) is 38.4 Å². The van der Waals surface area contributed by atoms with E-state index >= 15 is 0 Å². The molecule has 6 heterocycles. The molecule has 0 aliphatic carbocycles. The number of hydrogen-bond donors (Lipinski definition) is 3. The summed E-state index contributed by atoms with van der Waals surface area (Å²) >= 11 is 0. The predicted octanol–water partition coefficient (Wildman–Crippen LogP) is 10.7. The van der Waals surface area contributed by atoms with Crippen LogP contribution in [-0.2, 0) is 47.9 Å². The number of nitrogens with zero attached hydrogens (tertiary/aromatic N) is 3. The third-order valence-electron chi connectivity index (χ3n) is 15.7. The van der Waals surface area contributed by atoms with Gasteiger partial charge >= 0.3 is 17.9 Å². The van der Waals surface area contributed by atoms with E-state index < -0.39 is 276 Å². The number of ether oxygens (including phenoxy) is 9. The molecule has 3 aromatic rings. The number of fused-ring (bicyclic) bond motifs is 9. The van der Waals surface area contributed by atoms with Crippen LogP contribution in [0.3, 0.4) is 0 Å². The highest BCUT2D eigenvalue weighted by Gasteiger charge is 2.45. The molecule has 0 bridgehead atoms. The van der Waals surface area contributed by atoms with Crippen LogP contribution in [0.1, 0.15) is 246 Å². The number of benzene rings is 3. The Kier molecular flexibility index (Phi) is 10.2. The molecule has 6 aliphatic heterocycles. The van der Waals surface area contributed by atoms with Gasteiger partial charge in [-0.25, -0.2) is 0 Å². The van der Waals surface area contributed by atoms with Crippen LogP contribution >= 0.6 is 0 Å². The Hall–Kier alpha value is -5.37. The molecule has 12 unspecified atom stereocenters. The first-order valence-electron chi connectivity index (χ1n) is 55.1. The number of carbonyl (C=O) groups is 3. The van der Waals surface area contributed by atoms with Crippen LogP contribution in [-0.4, -0.2) is 151 Å². The second-order valence-electron chi connectivity index (χ2n) is 21.6. The monoisotopic (exact) mass is 1310 g/mol. The summed E-state index contributed by atoms with van der Waals surface area (Å²) in [5.41, 5.74) is 18.3. The number of methoxy groups -OCH3 is 6. The first-order valence-corrected chi connectivity index (χ1v) is 28.1. The van der Waals surface area contributed by atoms with Crippen molar-refractivity contribution in [2.24, 2.45) is 70.3 Å². The third kappa shape index (κ3) is 17.5. The molecule has 90 heavy (non-hydrogen) atoms. The van der Waals surface area contributed by atoms with Gasteiger partial charge in [0.25, 0.3) is 0 Å². The first-order chi connectivity index (χ1) is 63.8. The van der Waals surface area contributed by atoms with Crippen molar-refractivity contribution in [3.05, 3.63) is 69.7 Å². The third-order valence-corrected chi connectivity index (χ3v) is 15.7. The summed E-state index contributed by atoms with van der Waals surface area (Å²) in [4.78, 5) is 45.4. The van der Waals surface area contributed by atoms with E-state index in [9.17, 15) is 17.1 Å². The molecule has 0 amide bonds. The molecule has 3 saturated heterocycles. The van der Waals surface area contributed by atoms with E-state index in [-0.39, 0.29) is 103 Å². The summed E-state index contributed by atoms with van der Waals surface area (Å²) in [6.45, 7) is -32.1. The molecule has 0 spiro atoms. The highest BCUT2D eigenvalue weighted by atomic mass is 16.6. The van der Waals surface area contributed by atoms with Gasteiger partial charge < -0.3 is 59.8 Å². The normalized spacial score (nSPS) is 40.7. The topological polar surface area (TPSA) is 222 Å². The van der Waals surface area contributed by atoms with Gasteiger partial charge in [0.15, 0.2) is 34.5 Å². The minimum atomic E-state index is -4.07. The summed E-state index contributed by atoms with van der Waals surface area (Å²) in [6, 6.07) is -14.4. The number of esters is 3. The van der Waals surface area contributed by atoms with E-state index in [0.717, 1.165) is 27.9 Å². The molecule has 18 heteroatoms. The van der Waals surface area contributed by atoms with Crippen LogP contribution in [0, 0.1) is 53.1 Å². The molecule has 9 rings (SSSR count). The molecule has 15 atom stereocenters. The number of piperidine rings is 3. The standard InChI is InChI=1S/3C24H38N2O4/c3*1-14(2)9-17-13-26-8-7-16-10-21(28-5)22(29-6)11-18(16)19(26)12-20(17)30-24(27)23(25)15(3)4/h3*10-11,14-15,17,19-20,23H,7-9,12-13,25H2,1-6H3/t3*17?,19?,20?,23-/m000/s1/i1D3,3D3,4D3,5D3,9D2,14D,15D,19D,20D,23D;1D3,3D3,4D3,5D3,9D2,10D,11D,14D,15D,23D;1D3,3D3,4D3,9D2,10D,11D,14D,15D,23D/t3*14?,17?,19?,20?,23-. The molecule has 0 saturated carbocycles. The Morgan fingerprint density at radius 1 is 0.511 bits per heavy atom. The van der Waals surface area contributed by atoms with Gasteiger partial charge in [-0.1, -0.05) is 82.4 Å². The van der Waals surface area contributed by atoms with Gasteiger partial charge in [-0.2, -0.15) is 0 Å². The van der Waals surface area contributed by atoms with E-state index in [2.05, 4.69) is 0 Å². The van der Waals surface area contributed by atoms with Crippen molar-refractivity contribution in [2.75, 3.05) is 81.8 Å². The summed E-state index contributed by atoms with van der Waals surface area (Å²) in [6.07, 6.45) is -17.9. The van der Waals surface area contributed by atoms with Crippen LogP contribution < -0.4 is 45.6 Å². The fourth-order valence-corrected chi connectivity index (χ4v) is 11.5. The van der Waals surface area contributed by atoms with Gasteiger partial charge in [0, 0.05) is 148 Å². The summed E-state index contributed by atoms with van der Waals surface area (Å²) in [5, 5.41) is 0. The van der Waals surface area contributed by atoms with Crippen molar-refractivity contribution in [3.8, 4) is 34.5 Å².